The molecule has 0 amide bonds. The summed E-state index contributed by atoms with van der Waals surface area (Å²) in [6.07, 6.45) is 1.37. The summed E-state index contributed by atoms with van der Waals surface area (Å²) in [4.78, 5) is 3.73. The largest absolute Gasteiger partial charge is 0.411 e. The molecule has 0 atom stereocenters. The molecule has 14 heavy (non-hydrogen) atoms. The maximum absolute atomic E-state index is 12.5. The van der Waals surface area contributed by atoms with Crippen molar-refractivity contribution in [3.05, 3.63) is 36.3 Å². The van der Waals surface area contributed by atoms with Gasteiger partial charge in [0.2, 0.25) is 5.88 Å². The zero-order chi connectivity index (χ0) is 9.97. The highest BCUT2D eigenvalue weighted by molar-refractivity contribution is 5.26. The van der Waals surface area contributed by atoms with Crippen LogP contribution in [-0.2, 0) is 0 Å². The molecule has 72 valence electrons. The Bertz CT molecular complexity index is 425. The van der Waals surface area contributed by atoms with Crippen LogP contribution in [0.3, 0.4) is 0 Å². The Balaban J connectivity index is 2.15. The first kappa shape index (κ1) is 8.55. The highest BCUT2D eigenvalue weighted by Crippen LogP contribution is 2.21. The van der Waals surface area contributed by atoms with Crippen LogP contribution in [0.1, 0.15) is 0 Å². The predicted octanol–water partition coefficient (Wildman–Crippen LogP) is 2.19. The van der Waals surface area contributed by atoms with Crippen LogP contribution in [0.15, 0.2) is 34.9 Å². The normalized spacial score (nSPS) is 10.1. The molecule has 2 rings (SSSR count). The minimum absolute atomic E-state index is 0.0362. The van der Waals surface area contributed by atoms with E-state index in [1.165, 1.54) is 30.5 Å². The van der Waals surface area contributed by atoms with Crippen LogP contribution in [0.2, 0.25) is 0 Å². The van der Waals surface area contributed by atoms with Crippen molar-refractivity contribution >= 4 is 5.88 Å². The molecule has 2 aromatic rings. The zero-order valence-corrected chi connectivity index (χ0v) is 7.11. The summed E-state index contributed by atoms with van der Waals surface area (Å²) in [5.74, 6) is 0.277. The topological polar surface area (TPSA) is 61.3 Å². The third-order valence-electron chi connectivity index (χ3n) is 1.52. The number of nitrogen functional groups attached to an aromatic ring is 1. The van der Waals surface area contributed by atoms with Crippen LogP contribution in [0, 0.1) is 5.82 Å². The molecule has 1 aromatic carbocycles. The van der Waals surface area contributed by atoms with Gasteiger partial charge in [0.15, 0.2) is 0 Å². The van der Waals surface area contributed by atoms with Gasteiger partial charge in [-0.15, -0.1) is 0 Å². The van der Waals surface area contributed by atoms with Gasteiger partial charge in [-0.05, 0) is 24.3 Å². The van der Waals surface area contributed by atoms with Crippen molar-refractivity contribution in [2.45, 2.75) is 0 Å². The van der Waals surface area contributed by atoms with E-state index in [0.29, 0.717) is 5.75 Å². The molecule has 2 N–H and O–H groups in total. The van der Waals surface area contributed by atoms with E-state index in [0.717, 1.165) is 0 Å². The number of hydrogen-bond donors (Lipinski definition) is 1. The first-order valence-corrected chi connectivity index (χ1v) is 3.89. The molecule has 0 aliphatic carbocycles. The average Bonchev–Trinajstić information content (AvgIpc) is 2.56. The number of nitrogens with two attached hydrogens (primary N) is 1. The Morgan fingerprint density at radius 3 is 2.57 bits per heavy atom. The lowest BCUT2D eigenvalue weighted by Gasteiger charge is -1.98. The molecule has 0 aliphatic rings. The number of ether oxygens (including phenoxy) is 1. The summed E-state index contributed by atoms with van der Waals surface area (Å²) in [6.45, 7) is 0. The van der Waals surface area contributed by atoms with E-state index in [-0.39, 0.29) is 17.8 Å². The van der Waals surface area contributed by atoms with Crippen molar-refractivity contribution < 1.29 is 13.5 Å². The highest BCUT2D eigenvalue weighted by Gasteiger charge is 2.03. The van der Waals surface area contributed by atoms with E-state index < -0.39 is 0 Å². The van der Waals surface area contributed by atoms with Gasteiger partial charge in [-0.3, -0.25) is 0 Å². The maximum Gasteiger partial charge on any atom is 0.400 e. The monoisotopic (exact) mass is 194 g/mol. The smallest absolute Gasteiger partial charge is 0.400 e. The summed E-state index contributed by atoms with van der Waals surface area (Å²) < 4.78 is 22.5. The van der Waals surface area contributed by atoms with Crippen LogP contribution >= 0.6 is 0 Å². The second-order valence-electron chi connectivity index (χ2n) is 2.58. The first-order chi connectivity index (χ1) is 6.74. The zero-order valence-electron chi connectivity index (χ0n) is 7.11. The van der Waals surface area contributed by atoms with Crippen LogP contribution in [0.4, 0.5) is 10.3 Å². The number of benzene rings is 1. The first-order valence-electron chi connectivity index (χ1n) is 3.89. The number of hydrogen-bond acceptors (Lipinski definition) is 4. The lowest BCUT2D eigenvalue weighted by Crippen LogP contribution is -1.83. The summed E-state index contributed by atoms with van der Waals surface area (Å²) in [7, 11) is 0. The van der Waals surface area contributed by atoms with Gasteiger partial charge < -0.3 is 14.9 Å². The molecule has 4 nitrogen and oxygen atoms in total. The Kier molecular flexibility index (Phi) is 2.06. The molecule has 0 radical (unpaired) electrons. The van der Waals surface area contributed by atoms with E-state index in [1.54, 1.807) is 0 Å². The molecule has 0 bridgehead atoms. The second kappa shape index (κ2) is 3.37. The Morgan fingerprint density at radius 1 is 1.29 bits per heavy atom. The van der Waals surface area contributed by atoms with E-state index >= 15 is 0 Å². The molecule has 5 heteroatoms. The Morgan fingerprint density at radius 2 is 2.00 bits per heavy atom. The quantitative estimate of drug-likeness (QED) is 0.795. The average molecular weight is 194 g/mol. The summed E-state index contributed by atoms with van der Waals surface area (Å²) in [5.41, 5.74) is 5.29. The molecule has 0 spiro atoms. The van der Waals surface area contributed by atoms with Gasteiger partial charge in [0.25, 0.3) is 0 Å². The third-order valence-corrected chi connectivity index (χ3v) is 1.52. The van der Waals surface area contributed by atoms with E-state index in [9.17, 15) is 4.39 Å². The molecule has 0 saturated heterocycles. The van der Waals surface area contributed by atoms with Gasteiger partial charge in [0.05, 0.1) is 6.20 Å². The van der Waals surface area contributed by atoms with Crippen LogP contribution < -0.4 is 10.5 Å². The van der Waals surface area contributed by atoms with Crippen molar-refractivity contribution in [3.63, 3.8) is 0 Å². The number of oxazole rings is 1. The molecular weight excluding hydrogens is 187 g/mol. The van der Waals surface area contributed by atoms with Crippen molar-refractivity contribution in [2.75, 3.05) is 5.73 Å². The summed E-state index contributed by atoms with van der Waals surface area (Å²) in [5, 5.41) is 0. The van der Waals surface area contributed by atoms with Crippen LogP contribution in [-0.4, -0.2) is 4.98 Å². The molecular formula is C9H7FN2O2. The summed E-state index contributed by atoms with van der Waals surface area (Å²) in [6, 6.07) is 5.49. The van der Waals surface area contributed by atoms with Gasteiger partial charge in [0, 0.05) is 0 Å². The van der Waals surface area contributed by atoms with E-state index in [4.69, 9.17) is 14.9 Å². The number of halogens is 1. The fraction of sp³-hybridized carbons (Fsp3) is 0. The third kappa shape index (κ3) is 1.82. The number of aromatic nitrogens is 1. The fourth-order valence-electron chi connectivity index (χ4n) is 0.920. The highest BCUT2D eigenvalue weighted by atomic mass is 19.1. The van der Waals surface area contributed by atoms with E-state index in [2.05, 4.69) is 4.98 Å². The SMILES string of the molecule is Nc1cnc(Oc2ccc(F)cc2)o1. The van der Waals surface area contributed by atoms with Crippen LogP contribution in [0.5, 0.6) is 11.8 Å². The van der Waals surface area contributed by atoms with Gasteiger partial charge in [0.1, 0.15) is 11.6 Å². The molecule has 0 fully saturated rings. The predicted molar refractivity (Wildman–Crippen MR) is 47.4 cm³/mol. The molecule has 0 saturated carbocycles. The van der Waals surface area contributed by atoms with Crippen molar-refractivity contribution in [1.29, 1.82) is 0 Å². The molecule has 0 aliphatic heterocycles. The lowest BCUT2D eigenvalue weighted by atomic mass is 10.3. The van der Waals surface area contributed by atoms with Crippen molar-refractivity contribution in [3.8, 4) is 11.8 Å². The lowest BCUT2D eigenvalue weighted by molar-refractivity contribution is 0.336. The van der Waals surface area contributed by atoms with Gasteiger partial charge in [-0.1, -0.05) is 0 Å². The molecule has 1 heterocycles. The number of rotatable bonds is 2. The molecule has 1 aromatic heterocycles. The Hall–Kier alpha value is -2.04. The maximum atomic E-state index is 12.5. The minimum atomic E-state index is -0.329. The van der Waals surface area contributed by atoms with Crippen molar-refractivity contribution in [1.82, 2.24) is 4.98 Å². The number of nitrogens with zero attached hydrogens (tertiary/aromatic N) is 1. The van der Waals surface area contributed by atoms with Crippen LogP contribution in [0.25, 0.3) is 0 Å². The van der Waals surface area contributed by atoms with Gasteiger partial charge in [-0.2, -0.15) is 4.98 Å². The number of anilines is 1. The summed E-state index contributed by atoms with van der Waals surface area (Å²) >= 11 is 0. The Labute approximate surface area is 79.1 Å². The van der Waals surface area contributed by atoms with Gasteiger partial charge >= 0.3 is 6.08 Å². The fourth-order valence-corrected chi connectivity index (χ4v) is 0.920. The molecule has 0 unspecified atom stereocenters. The van der Waals surface area contributed by atoms with Gasteiger partial charge in [-0.25, -0.2) is 4.39 Å². The second-order valence-corrected chi connectivity index (χ2v) is 2.58. The minimum Gasteiger partial charge on any atom is -0.411 e. The van der Waals surface area contributed by atoms with E-state index in [1.807, 2.05) is 0 Å². The van der Waals surface area contributed by atoms with Crippen molar-refractivity contribution in [2.24, 2.45) is 0 Å². The standard InChI is InChI=1S/C9H7FN2O2/c10-6-1-3-7(4-2-6)13-9-12-5-8(11)14-9/h1-5H,11H2.